The number of amides is 2. The summed E-state index contributed by atoms with van der Waals surface area (Å²) >= 11 is 0. The van der Waals surface area contributed by atoms with Gasteiger partial charge in [-0.2, -0.15) is 0 Å². The highest BCUT2D eigenvalue weighted by atomic mass is 19.1. The monoisotopic (exact) mass is 396 g/mol. The molecule has 0 spiro atoms. The molecule has 3 rings (SSSR count). The number of methoxy groups -OCH3 is 1. The zero-order valence-electron chi connectivity index (χ0n) is 16.4. The molecule has 0 bridgehead atoms. The Morgan fingerprint density at radius 1 is 1.17 bits per heavy atom. The Kier molecular flexibility index (Phi) is 7.00. The average Bonchev–Trinajstić information content (AvgIpc) is 2.76. The second-order valence-corrected chi connectivity index (χ2v) is 7.03. The molecular weight excluding hydrogens is 371 g/mol. The summed E-state index contributed by atoms with van der Waals surface area (Å²) in [5.74, 6) is -0.484. The summed E-state index contributed by atoms with van der Waals surface area (Å²) in [6, 6.07) is 14.3. The van der Waals surface area contributed by atoms with Crippen molar-refractivity contribution in [3.05, 3.63) is 71.6 Å². The van der Waals surface area contributed by atoms with Gasteiger partial charge >= 0.3 is 0 Å². The molecule has 5 nitrogen and oxygen atoms in total. The number of likely N-dealkylation sites (tertiary alicyclic amines) is 1. The Bertz CT molecular complexity index is 875. The van der Waals surface area contributed by atoms with Crippen LogP contribution in [0, 0.1) is 11.7 Å². The van der Waals surface area contributed by atoms with Gasteiger partial charge in [0.05, 0.1) is 7.11 Å². The van der Waals surface area contributed by atoms with Crippen molar-refractivity contribution in [1.82, 2.24) is 10.2 Å². The van der Waals surface area contributed by atoms with Crippen molar-refractivity contribution in [2.24, 2.45) is 5.92 Å². The van der Waals surface area contributed by atoms with E-state index in [1.165, 1.54) is 25.3 Å². The van der Waals surface area contributed by atoms with Crippen LogP contribution in [0.3, 0.4) is 0 Å². The number of carbonyl (C=O) groups excluding carboxylic acids is 2. The number of carbonyl (C=O) groups is 2. The van der Waals surface area contributed by atoms with E-state index >= 15 is 0 Å². The topological polar surface area (TPSA) is 58.6 Å². The predicted octanol–water partition coefficient (Wildman–Crippen LogP) is 3.40. The van der Waals surface area contributed by atoms with E-state index in [1.807, 2.05) is 30.3 Å². The fraction of sp³-hybridized carbons (Fsp3) is 0.304. The molecule has 152 valence electrons. The highest BCUT2D eigenvalue weighted by Crippen LogP contribution is 2.20. The third-order valence-corrected chi connectivity index (χ3v) is 5.08. The fourth-order valence-electron chi connectivity index (χ4n) is 3.35. The molecule has 0 radical (unpaired) electrons. The first-order chi connectivity index (χ1) is 14.1. The molecule has 1 N–H and O–H groups in total. The van der Waals surface area contributed by atoms with Gasteiger partial charge in [-0.05, 0) is 42.2 Å². The van der Waals surface area contributed by atoms with Crippen LogP contribution in [0.1, 0.15) is 24.0 Å². The third kappa shape index (κ3) is 5.67. The maximum atomic E-state index is 13.7. The van der Waals surface area contributed by atoms with E-state index in [9.17, 15) is 14.0 Å². The second kappa shape index (κ2) is 9.87. The molecule has 2 aromatic carbocycles. The normalized spacial score (nSPS) is 14.8. The lowest BCUT2D eigenvalue weighted by atomic mass is 9.95. The number of hydrogen-bond acceptors (Lipinski definition) is 3. The van der Waals surface area contributed by atoms with Crippen LogP contribution in [0.15, 0.2) is 54.6 Å². The molecule has 2 amide bonds. The van der Waals surface area contributed by atoms with E-state index in [0.717, 1.165) is 5.56 Å². The zero-order valence-corrected chi connectivity index (χ0v) is 16.4. The average molecular weight is 396 g/mol. The Hall–Kier alpha value is -3.15. The molecule has 1 heterocycles. The van der Waals surface area contributed by atoms with Gasteiger partial charge in [0.25, 0.3) is 0 Å². The van der Waals surface area contributed by atoms with Gasteiger partial charge in [-0.3, -0.25) is 9.59 Å². The first-order valence-electron chi connectivity index (χ1n) is 9.69. The second-order valence-electron chi connectivity index (χ2n) is 7.03. The van der Waals surface area contributed by atoms with E-state index in [4.69, 9.17) is 4.74 Å². The Morgan fingerprint density at radius 3 is 2.55 bits per heavy atom. The summed E-state index contributed by atoms with van der Waals surface area (Å²) in [4.78, 5) is 26.5. The Labute approximate surface area is 170 Å². The van der Waals surface area contributed by atoms with Crippen molar-refractivity contribution in [2.45, 2.75) is 19.4 Å². The van der Waals surface area contributed by atoms with Gasteiger partial charge in [-0.15, -0.1) is 0 Å². The number of piperidine rings is 1. The highest BCUT2D eigenvalue weighted by molar-refractivity contribution is 5.92. The molecule has 6 heteroatoms. The minimum atomic E-state index is -0.468. The van der Waals surface area contributed by atoms with Gasteiger partial charge < -0.3 is 15.0 Å². The first-order valence-corrected chi connectivity index (χ1v) is 9.69. The van der Waals surface area contributed by atoms with E-state index < -0.39 is 5.82 Å². The molecule has 0 saturated carbocycles. The van der Waals surface area contributed by atoms with Crippen LogP contribution in [0.4, 0.5) is 4.39 Å². The van der Waals surface area contributed by atoms with Crippen LogP contribution in [0.5, 0.6) is 5.75 Å². The summed E-state index contributed by atoms with van der Waals surface area (Å²) in [5.41, 5.74) is 1.65. The summed E-state index contributed by atoms with van der Waals surface area (Å²) in [6.45, 7) is 1.58. The van der Waals surface area contributed by atoms with Gasteiger partial charge in [0, 0.05) is 31.6 Å². The summed E-state index contributed by atoms with van der Waals surface area (Å²) in [5, 5.41) is 2.97. The number of hydrogen-bond donors (Lipinski definition) is 1. The molecule has 2 aromatic rings. The lowest BCUT2D eigenvalue weighted by molar-refractivity contribution is -0.132. The maximum Gasteiger partial charge on any atom is 0.246 e. The largest absolute Gasteiger partial charge is 0.494 e. The maximum absolute atomic E-state index is 13.7. The van der Waals surface area contributed by atoms with Crippen molar-refractivity contribution in [1.29, 1.82) is 0 Å². The molecular formula is C23H25FN2O3. The number of halogens is 1. The van der Waals surface area contributed by atoms with Crippen molar-refractivity contribution in [3.8, 4) is 5.75 Å². The van der Waals surface area contributed by atoms with E-state index in [1.54, 1.807) is 17.0 Å². The number of nitrogens with one attached hydrogen (secondary N) is 1. The van der Waals surface area contributed by atoms with Crippen molar-refractivity contribution in [3.63, 3.8) is 0 Å². The molecule has 29 heavy (non-hydrogen) atoms. The highest BCUT2D eigenvalue weighted by Gasteiger charge is 2.26. The van der Waals surface area contributed by atoms with Gasteiger partial charge in [0.15, 0.2) is 11.6 Å². The van der Waals surface area contributed by atoms with Crippen LogP contribution < -0.4 is 10.1 Å². The van der Waals surface area contributed by atoms with E-state index in [-0.39, 0.29) is 23.5 Å². The molecule has 0 aromatic heterocycles. The van der Waals surface area contributed by atoms with Gasteiger partial charge in [0.2, 0.25) is 11.8 Å². The lowest BCUT2D eigenvalue weighted by Gasteiger charge is -2.30. The summed E-state index contributed by atoms with van der Waals surface area (Å²) < 4.78 is 18.6. The molecule has 1 fully saturated rings. The number of ether oxygens (including phenoxy) is 1. The zero-order chi connectivity index (χ0) is 20.6. The molecule has 0 unspecified atom stereocenters. The van der Waals surface area contributed by atoms with Gasteiger partial charge in [0.1, 0.15) is 0 Å². The third-order valence-electron chi connectivity index (χ3n) is 5.08. The number of rotatable bonds is 6. The smallest absolute Gasteiger partial charge is 0.246 e. The molecule has 0 aliphatic carbocycles. The van der Waals surface area contributed by atoms with Crippen LogP contribution in [-0.4, -0.2) is 36.9 Å². The number of nitrogens with zero attached hydrogens (tertiary/aromatic N) is 1. The summed E-state index contributed by atoms with van der Waals surface area (Å²) in [6.07, 6.45) is 4.30. The van der Waals surface area contributed by atoms with Crippen molar-refractivity contribution in [2.75, 3.05) is 20.2 Å². The van der Waals surface area contributed by atoms with Crippen LogP contribution in [0.25, 0.3) is 6.08 Å². The fourth-order valence-corrected chi connectivity index (χ4v) is 3.35. The van der Waals surface area contributed by atoms with Crippen molar-refractivity contribution < 1.29 is 18.7 Å². The molecule has 1 aliphatic heterocycles. The van der Waals surface area contributed by atoms with Crippen LogP contribution in [-0.2, 0) is 16.1 Å². The van der Waals surface area contributed by atoms with E-state index in [2.05, 4.69) is 5.32 Å². The summed E-state index contributed by atoms with van der Waals surface area (Å²) in [7, 11) is 1.41. The standard InChI is InChI=1S/C23H25FN2O3/c1-29-21-9-7-17(15-20(21)24)8-10-22(27)26-13-11-19(12-14-26)23(28)25-16-18-5-3-2-4-6-18/h2-10,15,19H,11-14,16H2,1H3,(H,25,28)/b10-8+. The Morgan fingerprint density at radius 2 is 1.90 bits per heavy atom. The Balaban J connectivity index is 1.46. The van der Waals surface area contributed by atoms with Gasteiger partial charge in [-0.1, -0.05) is 36.4 Å². The molecule has 1 aliphatic rings. The van der Waals surface area contributed by atoms with E-state index in [0.29, 0.717) is 38.0 Å². The predicted molar refractivity (Wildman–Crippen MR) is 110 cm³/mol. The van der Waals surface area contributed by atoms with Crippen LogP contribution in [0.2, 0.25) is 0 Å². The van der Waals surface area contributed by atoms with Gasteiger partial charge in [-0.25, -0.2) is 4.39 Å². The minimum absolute atomic E-state index is 0.0326. The number of benzene rings is 2. The first kappa shape index (κ1) is 20.6. The van der Waals surface area contributed by atoms with Crippen molar-refractivity contribution >= 4 is 17.9 Å². The quantitative estimate of drug-likeness (QED) is 0.762. The SMILES string of the molecule is COc1ccc(/C=C/C(=O)N2CCC(C(=O)NCc3ccccc3)CC2)cc1F. The van der Waals surface area contributed by atoms with Crippen LogP contribution >= 0.6 is 0 Å². The minimum Gasteiger partial charge on any atom is -0.494 e. The molecule has 1 saturated heterocycles. The lowest BCUT2D eigenvalue weighted by Crippen LogP contribution is -2.42. The molecule has 0 atom stereocenters.